The summed E-state index contributed by atoms with van der Waals surface area (Å²) in [6.45, 7) is 6.14. The van der Waals surface area contributed by atoms with Gasteiger partial charge >= 0.3 is 5.97 Å². The van der Waals surface area contributed by atoms with Crippen LogP contribution < -0.4 is 24.8 Å². The number of benzene rings is 4. The molecular formula is C53H60ClN3O6. The molecule has 1 saturated carbocycles. The SMILES string of the molecule is COc1ccc(-c2cccc(CC(=O)NCCCOc3ccc4c(c3)C3(CCC(Nc5cccc(Cl)c5)(C(=O)O)CC3)C(C[C@@H](C)COc3ccnc5c3[C@H](C)CCC5)C4)c2)cc1. The van der Waals surface area contributed by atoms with E-state index in [1.807, 2.05) is 66.9 Å². The fourth-order valence-electron chi connectivity index (χ4n) is 10.5. The minimum atomic E-state index is -1.10. The topological polar surface area (TPSA) is 119 Å². The second-order valence-corrected chi connectivity index (χ2v) is 18.6. The van der Waals surface area contributed by atoms with Gasteiger partial charge in [0.15, 0.2) is 0 Å². The molecule has 3 atom stereocenters. The maximum absolute atomic E-state index is 13.1. The first kappa shape index (κ1) is 44.1. The molecule has 0 bridgehead atoms. The molecule has 5 aromatic rings. The average molecular weight is 871 g/mol. The zero-order valence-electron chi connectivity index (χ0n) is 36.8. The van der Waals surface area contributed by atoms with E-state index in [4.69, 9.17) is 25.8 Å². The van der Waals surface area contributed by atoms with E-state index in [0.717, 1.165) is 78.9 Å². The van der Waals surface area contributed by atoms with E-state index in [-0.39, 0.29) is 17.2 Å². The van der Waals surface area contributed by atoms with Crippen LogP contribution in [0.5, 0.6) is 17.2 Å². The van der Waals surface area contributed by atoms with Crippen molar-refractivity contribution in [2.24, 2.45) is 11.8 Å². The molecule has 0 radical (unpaired) electrons. The van der Waals surface area contributed by atoms with Crippen molar-refractivity contribution in [2.45, 2.75) is 101 Å². The van der Waals surface area contributed by atoms with Crippen LogP contribution in [-0.4, -0.2) is 54.4 Å². The Morgan fingerprint density at radius 1 is 0.921 bits per heavy atom. The number of carboxylic acids is 1. The Kier molecular flexibility index (Phi) is 13.6. The third kappa shape index (κ3) is 9.99. The Hall–Kier alpha value is -5.54. The minimum absolute atomic E-state index is 0.0266. The van der Waals surface area contributed by atoms with E-state index in [9.17, 15) is 14.7 Å². The number of fused-ring (bicyclic) bond motifs is 3. The van der Waals surface area contributed by atoms with Crippen LogP contribution in [-0.2, 0) is 34.3 Å². The highest BCUT2D eigenvalue weighted by molar-refractivity contribution is 6.30. The quantitative estimate of drug-likeness (QED) is 0.0791. The summed E-state index contributed by atoms with van der Waals surface area (Å²) in [5.41, 5.74) is 7.52. The maximum atomic E-state index is 13.1. The van der Waals surface area contributed by atoms with Crippen molar-refractivity contribution in [3.8, 4) is 28.4 Å². The second kappa shape index (κ2) is 19.5. The third-order valence-electron chi connectivity index (χ3n) is 13.9. The fraction of sp³-hybridized carbons (Fsp3) is 0.415. The monoisotopic (exact) mass is 869 g/mol. The summed E-state index contributed by atoms with van der Waals surface area (Å²) in [6, 6.07) is 31.8. The van der Waals surface area contributed by atoms with Crippen molar-refractivity contribution in [1.29, 1.82) is 0 Å². The number of rotatable bonds is 17. The normalized spacial score (nSPS) is 21.8. The highest BCUT2D eigenvalue weighted by Gasteiger charge is 2.54. The number of aryl methyl sites for hydroxylation is 1. The lowest BCUT2D eigenvalue weighted by Crippen LogP contribution is -2.53. The van der Waals surface area contributed by atoms with Gasteiger partial charge in [-0.15, -0.1) is 0 Å². The van der Waals surface area contributed by atoms with Crippen LogP contribution in [0.4, 0.5) is 5.69 Å². The number of amides is 1. The molecule has 10 heteroatoms. The molecule has 9 nitrogen and oxygen atoms in total. The number of pyridine rings is 1. The Labute approximate surface area is 376 Å². The van der Waals surface area contributed by atoms with Gasteiger partial charge in [-0.2, -0.15) is 0 Å². The predicted octanol–water partition coefficient (Wildman–Crippen LogP) is 11.0. The van der Waals surface area contributed by atoms with Crippen molar-refractivity contribution < 1.29 is 28.9 Å². The summed E-state index contributed by atoms with van der Waals surface area (Å²) < 4.78 is 18.3. The molecule has 3 aliphatic rings. The molecular weight excluding hydrogens is 810 g/mol. The van der Waals surface area contributed by atoms with Crippen LogP contribution in [0.3, 0.4) is 0 Å². The van der Waals surface area contributed by atoms with Crippen LogP contribution >= 0.6 is 11.6 Å². The van der Waals surface area contributed by atoms with Crippen LogP contribution in [0.1, 0.15) is 99.1 Å². The lowest BCUT2D eigenvalue weighted by atomic mass is 9.59. The summed E-state index contributed by atoms with van der Waals surface area (Å²) in [4.78, 5) is 30.7. The molecule has 1 heterocycles. The van der Waals surface area contributed by atoms with Crippen LogP contribution in [0.25, 0.3) is 11.1 Å². The molecule has 1 unspecified atom stereocenters. The zero-order chi connectivity index (χ0) is 44.0. The molecule has 8 rings (SSSR count). The number of nitrogens with one attached hydrogen (secondary N) is 2. The van der Waals surface area contributed by atoms with Crippen LogP contribution in [0.15, 0.2) is 103 Å². The van der Waals surface area contributed by atoms with Gasteiger partial charge in [0.1, 0.15) is 22.8 Å². The molecule has 0 saturated heterocycles. The Bertz CT molecular complexity index is 2390. The highest BCUT2D eigenvalue weighted by atomic mass is 35.5. The molecule has 3 N–H and O–H groups in total. The lowest BCUT2D eigenvalue weighted by molar-refractivity contribution is -0.144. The summed E-state index contributed by atoms with van der Waals surface area (Å²) in [6.07, 6.45) is 10.5. The van der Waals surface area contributed by atoms with Gasteiger partial charge in [0, 0.05) is 34.7 Å². The van der Waals surface area contributed by atoms with E-state index in [2.05, 4.69) is 53.7 Å². The summed E-state index contributed by atoms with van der Waals surface area (Å²) in [7, 11) is 1.65. The molecule has 0 aliphatic heterocycles. The van der Waals surface area contributed by atoms with E-state index < -0.39 is 11.5 Å². The summed E-state index contributed by atoms with van der Waals surface area (Å²) in [5, 5.41) is 17.8. The highest BCUT2D eigenvalue weighted by Crippen LogP contribution is 2.57. The van der Waals surface area contributed by atoms with Gasteiger partial charge in [-0.1, -0.05) is 74.0 Å². The van der Waals surface area contributed by atoms with Crippen molar-refractivity contribution in [3.63, 3.8) is 0 Å². The van der Waals surface area contributed by atoms with E-state index in [0.29, 0.717) is 68.0 Å². The van der Waals surface area contributed by atoms with Gasteiger partial charge in [0.25, 0.3) is 0 Å². The Morgan fingerprint density at radius 3 is 2.49 bits per heavy atom. The minimum Gasteiger partial charge on any atom is -0.497 e. The van der Waals surface area contributed by atoms with E-state index >= 15 is 0 Å². The average Bonchev–Trinajstić information content (AvgIpc) is 3.57. The van der Waals surface area contributed by atoms with Crippen molar-refractivity contribution >= 4 is 29.2 Å². The Balaban J connectivity index is 0.919. The maximum Gasteiger partial charge on any atom is 0.329 e. The van der Waals surface area contributed by atoms with Gasteiger partial charge in [0.05, 0.1) is 26.7 Å². The van der Waals surface area contributed by atoms with E-state index in [1.165, 1.54) is 22.4 Å². The van der Waals surface area contributed by atoms with Gasteiger partial charge in [-0.25, -0.2) is 4.79 Å². The molecule has 1 amide bonds. The molecule has 1 fully saturated rings. The van der Waals surface area contributed by atoms with Crippen LogP contribution in [0, 0.1) is 11.8 Å². The number of carbonyl (C=O) groups is 2. The summed E-state index contributed by atoms with van der Waals surface area (Å²) >= 11 is 6.32. The molecule has 330 valence electrons. The van der Waals surface area contributed by atoms with Gasteiger partial charge in [-0.3, -0.25) is 9.78 Å². The molecule has 1 spiro atoms. The first-order valence-corrected chi connectivity index (χ1v) is 23.1. The van der Waals surface area contributed by atoms with Crippen LogP contribution in [0.2, 0.25) is 5.02 Å². The third-order valence-corrected chi connectivity index (χ3v) is 14.1. The summed E-state index contributed by atoms with van der Waals surface area (Å²) in [5.74, 6) is 2.75. The smallest absolute Gasteiger partial charge is 0.329 e. The van der Waals surface area contributed by atoms with Gasteiger partial charge in [0.2, 0.25) is 5.91 Å². The first-order valence-electron chi connectivity index (χ1n) is 22.7. The number of hydrogen-bond donors (Lipinski definition) is 3. The number of ether oxygens (including phenoxy) is 3. The Morgan fingerprint density at radius 2 is 1.71 bits per heavy atom. The first-order chi connectivity index (χ1) is 30.5. The number of carboxylic acid groups (broad SMARTS) is 1. The number of aliphatic carboxylic acids is 1. The fourth-order valence-corrected chi connectivity index (χ4v) is 10.7. The number of methoxy groups -OCH3 is 1. The second-order valence-electron chi connectivity index (χ2n) is 18.2. The van der Waals surface area contributed by atoms with Crippen molar-refractivity contribution in [3.05, 3.63) is 136 Å². The van der Waals surface area contributed by atoms with E-state index in [1.54, 1.807) is 19.2 Å². The van der Waals surface area contributed by atoms with Gasteiger partial charge < -0.3 is 30.0 Å². The number of hydrogen-bond acceptors (Lipinski definition) is 7. The predicted molar refractivity (Wildman–Crippen MR) is 249 cm³/mol. The van der Waals surface area contributed by atoms with Crippen molar-refractivity contribution in [1.82, 2.24) is 10.3 Å². The number of nitrogens with zero attached hydrogens (tertiary/aromatic N) is 1. The number of aromatic nitrogens is 1. The molecule has 1 aromatic heterocycles. The number of halogens is 1. The zero-order valence-corrected chi connectivity index (χ0v) is 37.5. The largest absolute Gasteiger partial charge is 0.497 e. The van der Waals surface area contributed by atoms with Gasteiger partial charge in [-0.05, 0) is 164 Å². The standard InChI is InChI=1S/C53H60ClN3O6/c1-35(34-63-48-20-26-55-47-13-4-8-36(2)50(47)48)28-41-31-40-16-19-45(33-46(40)52(41)21-23-53(24-22-52,51(59)60)57-43-12-6-11-42(54)32-43)62-27-7-25-56-49(58)30-37-9-5-10-39(29-37)38-14-17-44(61-3)18-15-38/h5-6,9-12,14-20,26,29,32-33,35-36,41,57H,4,7-8,13,21-25,27-28,30-31,34H2,1-3H3,(H,56,58)(H,59,60)/t35-,36-,41?,52?,53?/m1/s1. The lowest BCUT2D eigenvalue weighted by Gasteiger charge is -2.47. The molecule has 63 heavy (non-hydrogen) atoms. The molecule has 4 aromatic carbocycles. The number of anilines is 1. The van der Waals surface area contributed by atoms with Crippen molar-refractivity contribution in [2.75, 3.05) is 32.2 Å². The number of carbonyl (C=O) groups excluding carboxylic acids is 1. The molecule has 3 aliphatic carbocycles.